The molecule has 4 aromatic rings. The van der Waals surface area contributed by atoms with E-state index in [2.05, 4.69) is 30.9 Å². The molecule has 0 spiro atoms. The van der Waals surface area contributed by atoms with Crippen LogP contribution in [0.2, 0.25) is 0 Å². The van der Waals surface area contributed by atoms with Crippen LogP contribution in [0.4, 0.5) is 20.4 Å². The van der Waals surface area contributed by atoms with Gasteiger partial charge in [0, 0.05) is 24.2 Å². The molecule has 0 fully saturated rings. The Morgan fingerprint density at radius 3 is 2.81 bits per heavy atom. The van der Waals surface area contributed by atoms with E-state index in [0.717, 1.165) is 16.6 Å². The van der Waals surface area contributed by atoms with Crippen LogP contribution in [0.5, 0.6) is 5.75 Å². The third-order valence-corrected chi connectivity index (χ3v) is 4.56. The van der Waals surface area contributed by atoms with Crippen LogP contribution in [-0.2, 0) is 11.8 Å². The number of benzene rings is 2. The summed E-state index contributed by atoms with van der Waals surface area (Å²) >= 11 is 0. The Balaban J connectivity index is 1.53. The monoisotopic (exact) mass is 441 g/mol. The fourth-order valence-corrected chi connectivity index (χ4v) is 3.08. The topological polar surface area (TPSA) is 110 Å². The number of nitrogens with zero attached hydrogens (tertiary/aromatic N) is 4. The molecule has 3 N–H and O–H groups in total. The molecule has 0 aliphatic rings. The fraction of sp³-hybridized carbons (Fsp3) is 0.238. The Labute approximate surface area is 181 Å². The molecule has 2 aromatic carbocycles. The molecule has 0 bridgehead atoms. The molecule has 9 nitrogen and oxygen atoms in total. The molecule has 0 unspecified atom stereocenters. The summed E-state index contributed by atoms with van der Waals surface area (Å²) in [6, 6.07) is 8.02. The van der Waals surface area contributed by atoms with Crippen molar-refractivity contribution < 1.29 is 18.3 Å². The normalized spacial score (nSPS) is 11.2. The molecule has 0 saturated heterocycles. The van der Waals surface area contributed by atoms with Gasteiger partial charge in [-0.25, -0.2) is 9.07 Å². The smallest absolute Gasteiger partial charge is 0.258 e. The summed E-state index contributed by atoms with van der Waals surface area (Å²) < 4.78 is 35.8. The van der Waals surface area contributed by atoms with Crippen molar-refractivity contribution in [3.63, 3.8) is 0 Å². The van der Waals surface area contributed by atoms with E-state index in [9.17, 15) is 13.6 Å². The van der Waals surface area contributed by atoms with Gasteiger partial charge in [-0.1, -0.05) is 0 Å². The third-order valence-electron chi connectivity index (χ3n) is 4.56. The molecule has 2 heterocycles. The molecule has 11 heteroatoms. The highest BCUT2D eigenvalue weighted by Crippen LogP contribution is 2.29. The SMILES string of the molecule is CC(C)NC(=O)COc1ccc(-c2nc(Nc3ccc4[nH]ncc4c3)n(C)n2)c(F)c1F. The zero-order valence-corrected chi connectivity index (χ0v) is 17.6. The van der Waals surface area contributed by atoms with Crippen molar-refractivity contribution >= 4 is 28.4 Å². The lowest BCUT2D eigenvalue weighted by molar-refractivity contribution is -0.123. The Bertz CT molecular complexity index is 1280. The number of amides is 1. The lowest BCUT2D eigenvalue weighted by Gasteiger charge is -2.11. The number of aryl methyl sites for hydroxylation is 1. The van der Waals surface area contributed by atoms with E-state index < -0.39 is 24.1 Å². The van der Waals surface area contributed by atoms with E-state index in [4.69, 9.17) is 4.74 Å². The van der Waals surface area contributed by atoms with Crippen molar-refractivity contribution in [1.82, 2.24) is 30.3 Å². The number of carbonyl (C=O) groups is 1. The molecule has 0 saturated carbocycles. The number of nitrogens with one attached hydrogen (secondary N) is 3. The minimum absolute atomic E-state index is 0.000102. The summed E-state index contributed by atoms with van der Waals surface area (Å²) in [7, 11) is 1.63. The zero-order valence-electron chi connectivity index (χ0n) is 17.6. The molecule has 0 radical (unpaired) electrons. The van der Waals surface area contributed by atoms with Crippen molar-refractivity contribution in [2.24, 2.45) is 7.05 Å². The van der Waals surface area contributed by atoms with E-state index in [1.165, 1.54) is 16.8 Å². The lowest BCUT2D eigenvalue weighted by Crippen LogP contribution is -2.34. The van der Waals surface area contributed by atoms with Gasteiger partial charge >= 0.3 is 0 Å². The summed E-state index contributed by atoms with van der Waals surface area (Å²) in [6.45, 7) is 3.14. The number of aromatic amines is 1. The third kappa shape index (κ3) is 4.36. The van der Waals surface area contributed by atoms with Crippen molar-refractivity contribution in [2.75, 3.05) is 11.9 Å². The number of aromatic nitrogens is 5. The lowest BCUT2D eigenvalue weighted by atomic mass is 10.2. The molecule has 166 valence electrons. The van der Waals surface area contributed by atoms with Crippen LogP contribution < -0.4 is 15.4 Å². The number of carbonyl (C=O) groups excluding carboxylic acids is 1. The number of hydrogen-bond acceptors (Lipinski definition) is 6. The van der Waals surface area contributed by atoms with E-state index in [1.54, 1.807) is 27.1 Å². The summed E-state index contributed by atoms with van der Waals surface area (Å²) in [5, 5.41) is 17.6. The predicted molar refractivity (Wildman–Crippen MR) is 115 cm³/mol. The van der Waals surface area contributed by atoms with E-state index in [-0.39, 0.29) is 23.2 Å². The van der Waals surface area contributed by atoms with Crippen LogP contribution in [0.15, 0.2) is 36.5 Å². The molecule has 32 heavy (non-hydrogen) atoms. The summed E-state index contributed by atoms with van der Waals surface area (Å²) in [6.07, 6.45) is 1.69. The quantitative estimate of drug-likeness (QED) is 0.406. The Kier molecular flexibility index (Phi) is 5.71. The zero-order chi connectivity index (χ0) is 22.8. The Morgan fingerprint density at radius 2 is 2.03 bits per heavy atom. The van der Waals surface area contributed by atoms with Crippen molar-refractivity contribution in [3.05, 3.63) is 48.2 Å². The first-order valence-corrected chi connectivity index (χ1v) is 9.83. The number of ether oxygens (including phenoxy) is 1. The second-order valence-electron chi connectivity index (χ2n) is 7.43. The molecule has 1 amide bonds. The van der Waals surface area contributed by atoms with Crippen LogP contribution in [-0.4, -0.2) is 43.5 Å². The van der Waals surface area contributed by atoms with Gasteiger partial charge in [-0.3, -0.25) is 9.89 Å². The molecule has 0 aliphatic carbocycles. The van der Waals surface area contributed by atoms with E-state index in [0.29, 0.717) is 5.95 Å². The number of fused-ring (bicyclic) bond motifs is 1. The standard InChI is InChI=1S/C21H21F2N7O2/c1-11(2)25-17(31)10-32-16-7-5-14(18(22)19(16)23)20-27-21(30(3)29-20)26-13-4-6-15-12(8-13)9-24-28-15/h4-9,11H,10H2,1-3H3,(H,24,28)(H,25,31)(H,26,27,29). The van der Waals surface area contributed by atoms with E-state index >= 15 is 0 Å². The number of hydrogen-bond donors (Lipinski definition) is 3. The highest BCUT2D eigenvalue weighted by molar-refractivity contribution is 5.82. The van der Waals surface area contributed by atoms with E-state index in [1.807, 2.05) is 18.2 Å². The average Bonchev–Trinajstić information content (AvgIpc) is 3.35. The Hall–Kier alpha value is -4.02. The second-order valence-corrected chi connectivity index (χ2v) is 7.43. The maximum absolute atomic E-state index is 14.7. The van der Waals surface area contributed by atoms with Gasteiger partial charge in [0.15, 0.2) is 24.0 Å². The van der Waals surface area contributed by atoms with Crippen molar-refractivity contribution in [1.29, 1.82) is 0 Å². The minimum Gasteiger partial charge on any atom is -0.481 e. The maximum atomic E-state index is 14.7. The van der Waals surface area contributed by atoms with Crippen molar-refractivity contribution in [2.45, 2.75) is 19.9 Å². The number of halogens is 2. The van der Waals surface area contributed by atoms with Crippen LogP contribution in [0.1, 0.15) is 13.8 Å². The predicted octanol–water partition coefficient (Wildman–Crippen LogP) is 3.28. The van der Waals surface area contributed by atoms with Crippen LogP contribution >= 0.6 is 0 Å². The summed E-state index contributed by atoms with van der Waals surface area (Å²) in [4.78, 5) is 16.0. The van der Waals surface area contributed by atoms with Gasteiger partial charge in [0.05, 0.1) is 17.3 Å². The van der Waals surface area contributed by atoms with Crippen molar-refractivity contribution in [3.8, 4) is 17.1 Å². The summed E-state index contributed by atoms with van der Waals surface area (Å²) in [5.41, 5.74) is 1.49. The van der Waals surface area contributed by atoms with Gasteiger partial charge in [-0.15, -0.1) is 5.10 Å². The maximum Gasteiger partial charge on any atom is 0.258 e. The molecule has 0 atom stereocenters. The Morgan fingerprint density at radius 1 is 1.22 bits per heavy atom. The van der Waals surface area contributed by atoms with Gasteiger partial charge in [-0.05, 0) is 44.2 Å². The molecular weight excluding hydrogens is 420 g/mol. The summed E-state index contributed by atoms with van der Waals surface area (Å²) in [5.74, 6) is -2.84. The van der Waals surface area contributed by atoms with Gasteiger partial charge < -0.3 is 15.4 Å². The van der Waals surface area contributed by atoms with Gasteiger partial charge in [0.25, 0.3) is 5.91 Å². The minimum atomic E-state index is -1.22. The first-order chi connectivity index (χ1) is 15.3. The van der Waals surface area contributed by atoms with Gasteiger partial charge in [0.1, 0.15) is 0 Å². The van der Waals surface area contributed by atoms with Crippen LogP contribution in [0.3, 0.4) is 0 Å². The van der Waals surface area contributed by atoms with Gasteiger partial charge in [-0.2, -0.15) is 14.5 Å². The number of anilines is 2. The second kappa shape index (κ2) is 8.61. The highest BCUT2D eigenvalue weighted by atomic mass is 19.2. The number of rotatable bonds is 7. The van der Waals surface area contributed by atoms with Gasteiger partial charge in [0.2, 0.25) is 11.8 Å². The average molecular weight is 441 g/mol. The molecule has 0 aliphatic heterocycles. The molecular formula is C21H21F2N7O2. The number of H-pyrrole nitrogens is 1. The molecule has 4 rings (SSSR count). The fourth-order valence-electron chi connectivity index (χ4n) is 3.08. The largest absolute Gasteiger partial charge is 0.481 e. The first-order valence-electron chi connectivity index (χ1n) is 9.83. The van der Waals surface area contributed by atoms with Crippen LogP contribution in [0.25, 0.3) is 22.3 Å². The highest BCUT2D eigenvalue weighted by Gasteiger charge is 2.20. The first kappa shape index (κ1) is 21.2. The van der Waals surface area contributed by atoms with Crippen LogP contribution in [0, 0.1) is 11.6 Å². The molecule has 2 aromatic heterocycles.